The predicted molar refractivity (Wildman–Crippen MR) is 204 cm³/mol. The zero-order chi connectivity index (χ0) is 31.2. The van der Waals surface area contributed by atoms with E-state index in [1.165, 1.54) is 183 Å². The van der Waals surface area contributed by atoms with Crippen LogP contribution in [-0.2, 0) is 12.8 Å². The molecule has 0 bridgehead atoms. The van der Waals surface area contributed by atoms with E-state index in [4.69, 9.17) is 0 Å². The number of unbranched alkanes of at least 4 members (excludes halogenated alkanes) is 18. The van der Waals surface area contributed by atoms with Crippen LogP contribution in [0.15, 0.2) is 49.6 Å². The topological polar surface area (TPSA) is 0 Å². The number of thiophene rings is 2. The van der Waals surface area contributed by atoms with Crippen molar-refractivity contribution in [3.8, 4) is 20.9 Å². The van der Waals surface area contributed by atoms with Crippen LogP contribution in [0.1, 0.15) is 163 Å². The van der Waals surface area contributed by atoms with Gasteiger partial charge in [-0.2, -0.15) is 0 Å². The van der Waals surface area contributed by atoms with Crippen LogP contribution in [-0.4, -0.2) is 0 Å². The predicted octanol–water partition coefficient (Wildman–Crippen LogP) is 15.4. The van der Waals surface area contributed by atoms with Crippen LogP contribution in [0.25, 0.3) is 33.0 Å². The molecule has 44 heavy (non-hydrogen) atoms. The van der Waals surface area contributed by atoms with Gasteiger partial charge in [-0.05, 0) is 84.3 Å². The molecule has 0 radical (unpaired) electrons. The lowest BCUT2D eigenvalue weighted by Crippen LogP contribution is -1.87. The lowest BCUT2D eigenvalue weighted by molar-refractivity contribution is 0.557. The fraction of sp³-hybridized carbons (Fsp3) is 0.571. The molecule has 0 unspecified atom stereocenters. The van der Waals surface area contributed by atoms with Gasteiger partial charge in [-0.25, -0.2) is 0 Å². The Kier molecular flexibility index (Phi) is 18.8. The Morgan fingerprint density at radius 3 is 1.09 bits per heavy atom. The van der Waals surface area contributed by atoms with E-state index in [9.17, 15) is 0 Å². The van der Waals surface area contributed by atoms with Crippen LogP contribution in [0, 0.1) is 0 Å². The fourth-order valence-corrected chi connectivity index (χ4v) is 8.46. The van der Waals surface area contributed by atoms with E-state index in [1.54, 1.807) is 0 Å². The van der Waals surface area contributed by atoms with Crippen LogP contribution < -0.4 is 0 Å². The maximum Gasteiger partial charge on any atom is 0.0351 e. The van der Waals surface area contributed by atoms with Gasteiger partial charge in [0.15, 0.2) is 0 Å². The Morgan fingerprint density at radius 2 is 0.773 bits per heavy atom. The first kappa shape index (κ1) is 36.6. The second-order valence-corrected chi connectivity index (χ2v) is 15.2. The van der Waals surface area contributed by atoms with E-state index in [0.29, 0.717) is 0 Å². The van der Waals surface area contributed by atoms with E-state index >= 15 is 0 Å². The molecule has 1 aromatic carbocycles. The summed E-state index contributed by atoms with van der Waals surface area (Å²) in [6, 6.07) is 14.0. The molecule has 0 amide bonds. The average Bonchev–Trinajstić information content (AvgIpc) is 3.72. The lowest BCUT2D eigenvalue weighted by Gasteiger charge is -2.11. The quantitative estimate of drug-likeness (QED) is 0.0774. The number of aryl methyl sites for hydroxylation is 2. The van der Waals surface area contributed by atoms with Gasteiger partial charge in [0.1, 0.15) is 0 Å². The van der Waals surface area contributed by atoms with Crippen molar-refractivity contribution in [3.63, 3.8) is 0 Å². The number of benzene rings is 1. The highest BCUT2D eigenvalue weighted by Crippen LogP contribution is 2.39. The molecule has 2 heteroatoms. The zero-order valence-corrected chi connectivity index (χ0v) is 30.0. The molecule has 3 aromatic rings. The molecule has 2 aromatic heterocycles. The van der Waals surface area contributed by atoms with E-state index in [-0.39, 0.29) is 0 Å². The van der Waals surface area contributed by atoms with Gasteiger partial charge in [0.05, 0.1) is 0 Å². The van der Waals surface area contributed by atoms with Crippen molar-refractivity contribution >= 4 is 34.8 Å². The zero-order valence-electron chi connectivity index (χ0n) is 28.4. The molecule has 0 fully saturated rings. The van der Waals surface area contributed by atoms with Gasteiger partial charge in [-0.15, -0.1) is 22.7 Å². The van der Waals surface area contributed by atoms with Crippen molar-refractivity contribution in [1.82, 2.24) is 0 Å². The second-order valence-electron chi connectivity index (χ2n) is 12.8. The van der Waals surface area contributed by atoms with Crippen LogP contribution in [0.5, 0.6) is 0 Å². The summed E-state index contributed by atoms with van der Waals surface area (Å²) in [6.45, 7) is 13.0. The second kappa shape index (κ2) is 22.6. The molecule has 0 atom stereocenters. The van der Waals surface area contributed by atoms with Crippen molar-refractivity contribution in [2.24, 2.45) is 0 Å². The third-order valence-corrected chi connectivity index (χ3v) is 11.4. The monoisotopic (exact) mass is 630 g/mol. The molecule has 2 heterocycles. The molecular weight excluding hydrogens is 569 g/mol. The Balaban J connectivity index is 1.47. The highest BCUT2D eigenvalue weighted by Gasteiger charge is 2.14. The third-order valence-electron chi connectivity index (χ3n) is 9.07. The first-order valence-corrected chi connectivity index (χ1v) is 19.9. The molecular formula is C42H62S2. The van der Waals surface area contributed by atoms with E-state index in [1.807, 2.05) is 34.8 Å². The summed E-state index contributed by atoms with van der Waals surface area (Å²) in [5, 5.41) is 0. The summed E-state index contributed by atoms with van der Waals surface area (Å²) in [5.41, 5.74) is 5.03. The third kappa shape index (κ3) is 13.2. The van der Waals surface area contributed by atoms with Crippen molar-refractivity contribution < 1.29 is 0 Å². The minimum Gasteiger partial charge on any atom is -0.140 e. The minimum atomic E-state index is 1.20. The van der Waals surface area contributed by atoms with Crippen LogP contribution in [0.2, 0.25) is 0 Å². The number of hydrogen-bond acceptors (Lipinski definition) is 2. The molecule has 0 N–H and O–H groups in total. The first-order valence-electron chi connectivity index (χ1n) is 18.3. The summed E-state index contributed by atoms with van der Waals surface area (Å²) >= 11 is 3.92. The van der Waals surface area contributed by atoms with Crippen LogP contribution >= 0.6 is 22.7 Å². The maximum absolute atomic E-state index is 4.20. The Morgan fingerprint density at radius 1 is 0.455 bits per heavy atom. The van der Waals surface area contributed by atoms with Gasteiger partial charge in [-0.3, -0.25) is 0 Å². The van der Waals surface area contributed by atoms with Gasteiger partial charge in [0, 0.05) is 19.5 Å². The average molecular weight is 631 g/mol. The Labute approximate surface area is 280 Å². The summed E-state index contributed by atoms with van der Waals surface area (Å²) in [6.07, 6.45) is 34.3. The SMILES string of the molecule is C=Cc1cc(-c2ccc(CCCCCCCCCCCC)s2)c(C=C)cc1-c1ccc(CCCCCCCCCCCC)s1. The molecule has 0 saturated carbocycles. The molecule has 0 aliphatic rings. The van der Waals surface area contributed by atoms with Gasteiger partial charge < -0.3 is 0 Å². The fourth-order valence-electron chi connectivity index (χ4n) is 6.29. The van der Waals surface area contributed by atoms with Gasteiger partial charge >= 0.3 is 0 Å². The molecule has 242 valence electrons. The summed E-state index contributed by atoms with van der Waals surface area (Å²) in [5.74, 6) is 0. The van der Waals surface area contributed by atoms with Crippen molar-refractivity contribution in [2.45, 2.75) is 155 Å². The molecule has 3 rings (SSSR count). The lowest BCUT2D eigenvalue weighted by atomic mass is 9.96. The van der Waals surface area contributed by atoms with Crippen molar-refractivity contribution in [1.29, 1.82) is 0 Å². The van der Waals surface area contributed by atoms with Crippen LogP contribution in [0.3, 0.4) is 0 Å². The summed E-state index contributed by atoms with van der Waals surface area (Å²) in [7, 11) is 0. The molecule has 0 saturated heterocycles. The van der Waals surface area contributed by atoms with E-state index in [0.717, 1.165) is 0 Å². The minimum absolute atomic E-state index is 1.20. The van der Waals surface area contributed by atoms with Gasteiger partial charge in [0.2, 0.25) is 0 Å². The summed E-state index contributed by atoms with van der Waals surface area (Å²) < 4.78 is 0. The van der Waals surface area contributed by atoms with Gasteiger partial charge in [-0.1, -0.05) is 155 Å². The highest BCUT2D eigenvalue weighted by atomic mass is 32.1. The summed E-state index contributed by atoms with van der Waals surface area (Å²) in [4.78, 5) is 5.72. The molecule has 0 nitrogen and oxygen atoms in total. The molecule has 0 aliphatic carbocycles. The van der Waals surface area contributed by atoms with Gasteiger partial charge in [0.25, 0.3) is 0 Å². The van der Waals surface area contributed by atoms with Crippen molar-refractivity contribution in [2.75, 3.05) is 0 Å². The number of rotatable bonds is 26. The Hall–Kier alpha value is -1.90. The largest absolute Gasteiger partial charge is 0.140 e. The molecule has 0 aliphatic heterocycles. The smallest absolute Gasteiger partial charge is 0.0351 e. The number of hydrogen-bond donors (Lipinski definition) is 0. The highest BCUT2D eigenvalue weighted by molar-refractivity contribution is 7.15. The standard InChI is InChI=1S/C42H62S2/c1-5-9-11-13-15-17-19-21-23-25-27-37-29-31-41(43-37)39-33-36(8-4)40(34-35(39)7-3)42-32-30-38(44-42)28-26-24-22-20-18-16-14-12-10-6-2/h7-8,29-34H,3-6,9-28H2,1-2H3. The maximum atomic E-state index is 4.20. The Bertz CT molecular complexity index is 1100. The normalized spacial score (nSPS) is 11.3. The molecule has 0 spiro atoms. The van der Waals surface area contributed by atoms with Crippen LogP contribution in [0.4, 0.5) is 0 Å². The van der Waals surface area contributed by atoms with E-state index < -0.39 is 0 Å². The van der Waals surface area contributed by atoms with Crippen molar-refractivity contribution in [3.05, 3.63) is 70.4 Å². The first-order chi connectivity index (χ1) is 21.7. The van der Waals surface area contributed by atoms with E-state index in [2.05, 4.69) is 63.4 Å².